The van der Waals surface area contributed by atoms with E-state index in [1.807, 2.05) is 0 Å². The summed E-state index contributed by atoms with van der Waals surface area (Å²) >= 11 is 0. The van der Waals surface area contributed by atoms with Crippen LogP contribution in [0.2, 0.25) is 0 Å². The molecule has 0 aromatic heterocycles. The lowest BCUT2D eigenvalue weighted by molar-refractivity contribution is 0.0107. The SMILES string of the molecule is Cc1ccc(CC2(O)CCNCC2)c(C)c1. The van der Waals surface area contributed by atoms with E-state index >= 15 is 0 Å². The fourth-order valence-corrected chi connectivity index (χ4v) is 2.47. The van der Waals surface area contributed by atoms with Crippen LogP contribution in [-0.2, 0) is 6.42 Å². The Labute approximate surface area is 97.7 Å². The van der Waals surface area contributed by atoms with Crippen molar-refractivity contribution in [1.82, 2.24) is 5.32 Å². The van der Waals surface area contributed by atoms with Crippen LogP contribution in [0.5, 0.6) is 0 Å². The monoisotopic (exact) mass is 219 g/mol. The molecule has 0 bridgehead atoms. The maximum absolute atomic E-state index is 10.5. The van der Waals surface area contributed by atoms with Crippen LogP contribution in [0.25, 0.3) is 0 Å². The van der Waals surface area contributed by atoms with Crippen LogP contribution >= 0.6 is 0 Å². The molecule has 88 valence electrons. The van der Waals surface area contributed by atoms with E-state index in [2.05, 4.69) is 37.4 Å². The van der Waals surface area contributed by atoms with Crippen molar-refractivity contribution in [2.45, 2.75) is 38.7 Å². The molecule has 2 N–H and O–H groups in total. The summed E-state index contributed by atoms with van der Waals surface area (Å²) in [5.41, 5.74) is 3.38. The molecule has 1 aliphatic rings. The Kier molecular flexibility index (Phi) is 3.31. The first-order chi connectivity index (χ1) is 7.59. The van der Waals surface area contributed by atoms with Gasteiger partial charge >= 0.3 is 0 Å². The summed E-state index contributed by atoms with van der Waals surface area (Å²) in [5.74, 6) is 0. The number of hydrogen-bond acceptors (Lipinski definition) is 2. The molecule has 0 saturated carbocycles. The largest absolute Gasteiger partial charge is 0.389 e. The average Bonchev–Trinajstić information content (AvgIpc) is 2.23. The molecule has 0 radical (unpaired) electrons. The van der Waals surface area contributed by atoms with Gasteiger partial charge in [-0.3, -0.25) is 0 Å². The molecule has 0 atom stereocenters. The van der Waals surface area contributed by atoms with E-state index < -0.39 is 5.60 Å². The molecule has 2 rings (SSSR count). The Morgan fingerprint density at radius 3 is 2.56 bits per heavy atom. The molecular weight excluding hydrogens is 198 g/mol. The van der Waals surface area contributed by atoms with Gasteiger partial charge in [0.15, 0.2) is 0 Å². The molecule has 1 aliphatic heterocycles. The number of hydrogen-bond donors (Lipinski definition) is 2. The van der Waals surface area contributed by atoms with Crippen molar-refractivity contribution in [3.05, 3.63) is 34.9 Å². The van der Waals surface area contributed by atoms with Crippen LogP contribution in [0.3, 0.4) is 0 Å². The van der Waals surface area contributed by atoms with Crippen molar-refractivity contribution in [3.8, 4) is 0 Å². The van der Waals surface area contributed by atoms with Gasteiger partial charge in [-0.2, -0.15) is 0 Å². The van der Waals surface area contributed by atoms with E-state index in [0.717, 1.165) is 32.4 Å². The van der Waals surface area contributed by atoms with Gasteiger partial charge in [0, 0.05) is 6.42 Å². The molecular formula is C14H21NO. The van der Waals surface area contributed by atoms with Gasteiger partial charge in [-0.1, -0.05) is 23.8 Å². The first-order valence-electron chi connectivity index (χ1n) is 6.08. The first kappa shape index (κ1) is 11.6. The lowest BCUT2D eigenvalue weighted by Gasteiger charge is -2.33. The molecule has 1 fully saturated rings. The molecule has 2 heteroatoms. The Bertz CT molecular complexity index is 367. The minimum absolute atomic E-state index is 0.495. The molecule has 2 nitrogen and oxygen atoms in total. The van der Waals surface area contributed by atoms with E-state index in [1.54, 1.807) is 0 Å². The van der Waals surface area contributed by atoms with Gasteiger partial charge < -0.3 is 10.4 Å². The fourth-order valence-electron chi connectivity index (χ4n) is 2.47. The zero-order valence-electron chi connectivity index (χ0n) is 10.2. The van der Waals surface area contributed by atoms with Gasteiger partial charge in [-0.25, -0.2) is 0 Å². The predicted octanol–water partition coefficient (Wildman–Crippen LogP) is 1.96. The third-order valence-corrected chi connectivity index (χ3v) is 3.55. The highest BCUT2D eigenvalue weighted by molar-refractivity contribution is 5.31. The Hall–Kier alpha value is -0.860. The van der Waals surface area contributed by atoms with E-state index in [1.165, 1.54) is 16.7 Å². The normalized spacial score (nSPS) is 19.7. The quantitative estimate of drug-likeness (QED) is 0.797. The summed E-state index contributed by atoms with van der Waals surface area (Å²) < 4.78 is 0. The average molecular weight is 219 g/mol. The zero-order chi connectivity index (χ0) is 11.6. The Balaban J connectivity index is 2.13. The van der Waals surface area contributed by atoms with Gasteiger partial charge in [0.2, 0.25) is 0 Å². The molecule has 0 aliphatic carbocycles. The maximum Gasteiger partial charge on any atom is 0.0712 e. The minimum Gasteiger partial charge on any atom is -0.389 e. The number of rotatable bonds is 2. The van der Waals surface area contributed by atoms with Crippen molar-refractivity contribution in [1.29, 1.82) is 0 Å². The molecule has 0 unspecified atom stereocenters. The van der Waals surface area contributed by atoms with E-state index in [9.17, 15) is 5.11 Å². The van der Waals surface area contributed by atoms with Gasteiger partial charge in [-0.05, 0) is 50.9 Å². The topological polar surface area (TPSA) is 32.3 Å². The van der Waals surface area contributed by atoms with Crippen molar-refractivity contribution >= 4 is 0 Å². The number of aliphatic hydroxyl groups is 1. The second-order valence-electron chi connectivity index (χ2n) is 5.08. The van der Waals surface area contributed by atoms with E-state index in [4.69, 9.17) is 0 Å². The Morgan fingerprint density at radius 1 is 1.25 bits per heavy atom. The third-order valence-electron chi connectivity index (χ3n) is 3.55. The maximum atomic E-state index is 10.5. The van der Waals surface area contributed by atoms with Crippen molar-refractivity contribution in [3.63, 3.8) is 0 Å². The molecule has 16 heavy (non-hydrogen) atoms. The number of piperidine rings is 1. The zero-order valence-corrected chi connectivity index (χ0v) is 10.2. The van der Waals surface area contributed by atoms with Crippen LogP contribution in [0, 0.1) is 13.8 Å². The molecule has 1 aromatic rings. The van der Waals surface area contributed by atoms with Crippen LogP contribution < -0.4 is 5.32 Å². The van der Waals surface area contributed by atoms with Gasteiger partial charge in [0.1, 0.15) is 0 Å². The molecule has 0 amide bonds. The van der Waals surface area contributed by atoms with Gasteiger partial charge in [-0.15, -0.1) is 0 Å². The lowest BCUT2D eigenvalue weighted by atomic mass is 9.84. The second kappa shape index (κ2) is 4.56. The first-order valence-corrected chi connectivity index (χ1v) is 6.08. The minimum atomic E-state index is -0.495. The van der Waals surface area contributed by atoms with Gasteiger partial charge in [0.25, 0.3) is 0 Å². The van der Waals surface area contributed by atoms with Crippen LogP contribution in [0.15, 0.2) is 18.2 Å². The molecule has 0 spiro atoms. The standard InChI is InChI=1S/C14H21NO/c1-11-3-4-13(12(2)9-11)10-14(16)5-7-15-8-6-14/h3-4,9,15-16H,5-8,10H2,1-2H3. The van der Waals surface area contributed by atoms with E-state index in [-0.39, 0.29) is 0 Å². The molecule has 1 aromatic carbocycles. The van der Waals surface area contributed by atoms with Crippen LogP contribution in [0.4, 0.5) is 0 Å². The highest BCUT2D eigenvalue weighted by atomic mass is 16.3. The van der Waals surface area contributed by atoms with Crippen molar-refractivity contribution in [2.24, 2.45) is 0 Å². The second-order valence-corrected chi connectivity index (χ2v) is 5.08. The molecule has 1 saturated heterocycles. The lowest BCUT2D eigenvalue weighted by Crippen LogP contribution is -2.43. The number of aryl methyl sites for hydroxylation is 2. The smallest absolute Gasteiger partial charge is 0.0712 e. The van der Waals surface area contributed by atoms with Crippen LogP contribution in [-0.4, -0.2) is 23.8 Å². The van der Waals surface area contributed by atoms with Crippen molar-refractivity contribution in [2.75, 3.05) is 13.1 Å². The summed E-state index contributed by atoms with van der Waals surface area (Å²) in [7, 11) is 0. The highest BCUT2D eigenvalue weighted by Crippen LogP contribution is 2.25. The summed E-state index contributed by atoms with van der Waals surface area (Å²) in [5, 5.41) is 13.8. The molecule has 1 heterocycles. The summed E-state index contributed by atoms with van der Waals surface area (Å²) in [6, 6.07) is 6.48. The number of benzene rings is 1. The third kappa shape index (κ3) is 2.63. The van der Waals surface area contributed by atoms with Crippen molar-refractivity contribution < 1.29 is 5.11 Å². The predicted molar refractivity (Wildman–Crippen MR) is 66.7 cm³/mol. The number of nitrogens with one attached hydrogen (secondary N) is 1. The highest BCUT2D eigenvalue weighted by Gasteiger charge is 2.29. The summed E-state index contributed by atoms with van der Waals surface area (Å²) in [6.45, 7) is 6.10. The van der Waals surface area contributed by atoms with E-state index in [0.29, 0.717) is 0 Å². The van der Waals surface area contributed by atoms with Crippen LogP contribution in [0.1, 0.15) is 29.5 Å². The summed E-state index contributed by atoms with van der Waals surface area (Å²) in [4.78, 5) is 0. The summed E-state index contributed by atoms with van der Waals surface area (Å²) in [6.07, 6.45) is 2.52. The van der Waals surface area contributed by atoms with Gasteiger partial charge in [0.05, 0.1) is 5.60 Å². The Morgan fingerprint density at radius 2 is 1.94 bits per heavy atom. The fraction of sp³-hybridized carbons (Fsp3) is 0.571.